The molecule has 1 N–H and O–H groups in total. The lowest BCUT2D eigenvalue weighted by Gasteiger charge is -2.27. The Morgan fingerprint density at radius 3 is 2.58 bits per heavy atom. The zero-order valence-electron chi connectivity index (χ0n) is 13.6. The van der Waals surface area contributed by atoms with Gasteiger partial charge in [-0.15, -0.1) is 0 Å². The largest absolute Gasteiger partial charge is 0.318 e. The molecule has 0 saturated carbocycles. The molecule has 1 aliphatic rings. The highest BCUT2D eigenvalue weighted by atomic mass is 79.9. The molecule has 0 spiro atoms. The van der Waals surface area contributed by atoms with Crippen molar-refractivity contribution in [1.82, 2.24) is 9.88 Å². The molecule has 2 heterocycles. The van der Waals surface area contributed by atoms with Crippen molar-refractivity contribution < 1.29 is 9.59 Å². The van der Waals surface area contributed by atoms with Crippen LogP contribution in [0.3, 0.4) is 0 Å². The number of carbonyl (C=O) groups excluding carboxylic acids is 2. The third-order valence-corrected chi connectivity index (χ3v) is 5.62. The molecule has 0 radical (unpaired) electrons. The maximum absolute atomic E-state index is 13.1. The van der Waals surface area contributed by atoms with E-state index in [9.17, 15) is 9.59 Å². The van der Waals surface area contributed by atoms with Crippen LogP contribution in [0.1, 0.15) is 27.5 Å². The predicted molar refractivity (Wildman–Crippen MR) is 104 cm³/mol. The summed E-state index contributed by atoms with van der Waals surface area (Å²) in [5.74, 6) is -0.413. The molecule has 0 unspecified atom stereocenters. The molecule has 1 aromatic heterocycles. The summed E-state index contributed by atoms with van der Waals surface area (Å²) < 4.78 is 0.828. The number of anilines is 1. The Balaban J connectivity index is 1.68. The first kappa shape index (κ1) is 16.9. The van der Waals surface area contributed by atoms with Crippen molar-refractivity contribution in [1.29, 1.82) is 0 Å². The van der Waals surface area contributed by atoms with Crippen LogP contribution in [0.4, 0.5) is 5.13 Å². The van der Waals surface area contributed by atoms with Crippen molar-refractivity contribution in [3.05, 3.63) is 81.3 Å². The zero-order valence-corrected chi connectivity index (χ0v) is 16.0. The number of hydrogen-bond acceptors (Lipinski definition) is 4. The Labute approximate surface area is 162 Å². The van der Waals surface area contributed by atoms with E-state index in [0.717, 1.165) is 14.9 Å². The summed E-state index contributed by atoms with van der Waals surface area (Å²) in [7, 11) is 0. The second kappa shape index (κ2) is 7.01. The Bertz CT molecular complexity index is 974. The second-order valence-electron chi connectivity index (χ2n) is 5.86. The molecule has 0 saturated heterocycles. The normalized spacial score (nSPS) is 14.2. The van der Waals surface area contributed by atoms with Gasteiger partial charge < -0.3 is 4.90 Å². The number of thiazole rings is 1. The maximum atomic E-state index is 13.1. The molecule has 0 bridgehead atoms. The smallest absolute Gasteiger partial charge is 0.255 e. The summed E-state index contributed by atoms with van der Waals surface area (Å²) in [4.78, 5) is 31.7. The first-order valence-electron chi connectivity index (χ1n) is 7.99. The van der Waals surface area contributed by atoms with Gasteiger partial charge in [-0.3, -0.25) is 14.9 Å². The number of carbonyl (C=O) groups is 2. The molecule has 130 valence electrons. The Hall–Kier alpha value is -2.51. The van der Waals surface area contributed by atoms with Crippen molar-refractivity contribution in [2.24, 2.45) is 0 Å². The van der Waals surface area contributed by atoms with Gasteiger partial charge in [-0.05, 0) is 33.1 Å². The average Bonchev–Trinajstić information content (AvgIpc) is 3.20. The minimum Gasteiger partial charge on any atom is -0.318 e. The number of hydrogen-bond donors (Lipinski definition) is 1. The molecule has 7 heteroatoms. The molecular weight excluding hydrogens is 414 g/mol. The summed E-state index contributed by atoms with van der Waals surface area (Å²) in [6.07, 6.45) is 1.63. The van der Waals surface area contributed by atoms with Crippen molar-refractivity contribution in [3.8, 4) is 0 Å². The predicted octanol–water partition coefficient (Wildman–Crippen LogP) is 4.24. The summed E-state index contributed by atoms with van der Waals surface area (Å²) >= 11 is 4.67. The minimum atomic E-state index is -0.723. The number of rotatable bonds is 4. The van der Waals surface area contributed by atoms with Gasteiger partial charge in [-0.2, -0.15) is 0 Å². The lowest BCUT2D eigenvalue weighted by atomic mass is 10.0. The van der Waals surface area contributed by atoms with Gasteiger partial charge >= 0.3 is 0 Å². The fraction of sp³-hybridized carbons (Fsp3) is 0.105. The zero-order chi connectivity index (χ0) is 18.1. The van der Waals surface area contributed by atoms with Crippen LogP contribution in [0.2, 0.25) is 0 Å². The van der Waals surface area contributed by atoms with Crippen molar-refractivity contribution in [3.63, 3.8) is 0 Å². The van der Waals surface area contributed by atoms with Crippen LogP contribution in [0, 0.1) is 0 Å². The molecule has 1 aliphatic heterocycles. The second-order valence-corrected chi connectivity index (χ2v) is 8.27. The van der Waals surface area contributed by atoms with Gasteiger partial charge in [-0.25, -0.2) is 4.98 Å². The highest BCUT2D eigenvalue weighted by molar-refractivity contribution is 9.11. The lowest BCUT2D eigenvalue weighted by Crippen LogP contribution is -2.37. The van der Waals surface area contributed by atoms with Crippen molar-refractivity contribution in [2.45, 2.75) is 12.6 Å². The standard InChI is InChI=1S/C19H14BrN3O2S/c20-15-10-21-19(26-15)22-17(24)16(12-6-2-1-3-7-12)23-11-13-8-4-5-9-14(13)18(23)25/h1-10,16H,11H2,(H,21,22,24)/t16-/m1/s1. The molecular formula is C19H14BrN3O2S. The number of benzene rings is 2. The number of fused-ring (bicyclic) bond motifs is 1. The van der Waals surface area contributed by atoms with Gasteiger partial charge in [0.1, 0.15) is 6.04 Å². The van der Waals surface area contributed by atoms with Crippen LogP contribution in [0.5, 0.6) is 0 Å². The molecule has 2 amide bonds. The van der Waals surface area contributed by atoms with Gasteiger partial charge in [-0.1, -0.05) is 59.9 Å². The van der Waals surface area contributed by atoms with Gasteiger partial charge in [0, 0.05) is 12.1 Å². The van der Waals surface area contributed by atoms with E-state index in [-0.39, 0.29) is 11.8 Å². The van der Waals surface area contributed by atoms with Crippen molar-refractivity contribution in [2.75, 3.05) is 5.32 Å². The van der Waals surface area contributed by atoms with E-state index in [1.807, 2.05) is 48.5 Å². The van der Waals surface area contributed by atoms with Crippen LogP contribution in [-0.2, 0) is 11.3 Å². The first-order chi connectivity index (χ1) is 12.6. The number of halogens is 1. The van der Waals surface area contributed by atoms with Crippen LogP contribution in [0.25, 0.3) is 0 Å². The van der Waals surface area contributed by atoms with Gasteiger partial charge in [0.2, 0.25) is 0 Å². The highest BCUT2D eigenvalue weighted by Gasteiger charge is 2.37. The van der Waals surface area contributed by atoms with Gasteiger partial charge in [0.05, 0.1) is 9.98 Å². The molecule has 0 fully saturated rings. The third kappa shape index (κ3) is 3.15. The van der Waals surface area contributed by atoms with Crippen LogP contribution in [-0.4, -0.2) is 21.7 Å². The molecule has 0 aliphatic carbocycles. The fourth-order valence-corrected chi connectivity index (χ4v) is 4.19. The monoisotopic (exact) mass is 427 g/mol. The molecule has 4 rings (SSSR count). The van der Waals surface area contributed by atoms with E-state index in [1.54, 1.807) is 17.2 Å². The van der Waals surface area contributed by atoms with E-state index in [1.165, 1.54) is 11.3 Å². The average molecular weight is 428 g/mol. The van der Waals surface area contributed by atoms with Gasteiger partial charge in [0.15, 0.2) is 5.13 Å². The van der Waals surface area contributed by atoms with Crippen LogP contribution >= 0.6 is 27.3 Å². The maximum Gasteiger partial charge on any atom is 0.255 e. The number of nitrogens with zero attached hydrogens (tertiary/aromatic N) is 2. The van der Waals surface area contributed by atoms with Crippen LogP contribution in [0.15, 0.2) is 64.6 Å². The Kier molecular flexibility index (Phi) is 4.57. The quantitative estimate of drug-likeness (QED) is 0.676. The van der Waals surface area contributed by atoms with E-state index in [2.05, 4.69) is 26.2 Å². The number of nitrogens with one attached hydrogen (secondary N) is 1. The summed E-state index contributed by atoms with van der Waals surface area (Å²) in [6, 6.07) is 16.1. The summed E-state index contributed by atoms with van der Waals surface area (Å²) in [5, 5.41) is 3.32. The molecule has 2 aromatic carbocycles. The number of amides is 2. The van der Waals surface area contributed by atoms with Gasteiger partial charge in [0.25, 0.3) is 11.8 Å². The topological polar surface area (TPSA) is 62.3 Å². The Morgan fingerprint density at radius 2 is 1.88 bits per heavy atom. The van der Waals surface area contributed by atoms with E-state index in [0.29, 0.717) is 17.2 Å². The minimum absolute atomic E-state index is 0.134. The third-order valence-electron chi connectivity index (χ3n) is 4.23. The molecule has 1 atom stereocenters. The lowest BCUT2D eigenvalue weighted by molar-refractivity contribution is -0.120. The fourth-order valence-electron chi connectivity index (χ4n) is 3.08. The first-order valence-corrected chi connectivity index (χ1v) is 9.60. The SMILES string of the molecule is O=C(Nc1ncc(Br)s1)[C@@H](c1ccccc1)N1Cc2ccccc2C1=O. The molecule has 5 nitrogen and oxygen atoms in total. The Morgan fingerprint density at radius 1 is 1.15 bits per heavy atom. The molecule has 26 heavy (non-hydrogen) atoms. The van der Waals surface area contributed by atoms with E-state index >= 15 is 0 Å². The summed E-state index contributed by atoms with van der Waals surface area (Å²) in [6.45, 7) is 0.406. The summed E-state index contributed by atoms with van der Waals surface area (Å²) in [5.41, 5.74) is 2.35. The van der Waals surface area contributed by atoms with Crippen molar-refractivity contribution >= 4 is 44.2 Å². The van der Waals surface area contributed by atoms with E-state index < -0.39 is 6.04 Å². The molecule has 3 aromatic rings. The van der Waals surface area contributed by atoms with Crippen LogP contribution < -0.4 is 5.32 Å². The van der Waals surface area contributed by atoms with E-state index in [4.69, 9.17) is 0 Å². The number of aromatic nitrogens is 1. The highest BCUT2D eigenvalue weighted by Crippen LogP contribution is 2.33.